The molecule has 0 aromatic heterocycles. The van der Waals surface area contributed by atoms with Crippen LogP contribution < -0.4 is 0 Å². The van der Waals surface area contributed by atoms with Crippen LogP contribution in [0.2, 0.25) is 5.02 Å². The lowest BCUT2D eigenvalue weighted by Crippen LogP contribution is -2.24. The van der Waals surface area contributed by atoms with Crippen LogP contribution in [0.4, 0.5) is 0 Å². The van der Waals surface area contributed by atoms with E-state index in [0.29, 0.717) is 5.92 Å². The van der Waals surface area contributed by atoms with Crippen molar-refractivity contribution in [1.29, 1.82) is 0 Å². The molecule has 1 aromatic rings. The zero-order chi connectivity index (χ0) is 15.2. The Kier molecular flexibility index (Phi) is 5.77. The molecule has 1 aliphatic heterocycles. The zero-order valence-electron chi connectivity index (χ0n) is 13.3. The van der Waals surface area contributed by atoms with Gasteiger partial charge in [0.05, 0.1) is 5.71 Å². The summed E-state index contributed by atoms with van der Waals surface area (Å²) in [6.45, 7) is 0. The van der Waals surface area contributed by atoms with Gasteiger partial charge in [-0.3, -0.25) is 0 Å². The quantitative estimate of drug-likeness (QED) is 0.624. The van der Waals surface area contributed by atoms with E-state index < -0.39 is 0 Å². The number of benzene rings is 1. The summed E-state index contributed by atoms with van der Waals surface area (Å²) in [5, 5.41) is 5.22. The fourth-order valence-electron chi connectivity index (χ4n) is 3.68. The lowest BCUT2D eigenvalue weighted by Gasteiger charge is -2.19. The maximum absolute atomic E-state index is 6.01. The maximum atomic E-state index is 6.01. The standard InChI is InChI=1S/C19H26ClNO/c20-16-13-11-15(12-14-16)19-17-9-7-5-3-1-2-4-6-8-10-18(17)22-21-19/h11-14,17-18H,1-10H2/t17-,18+/m0/s1. The van der Waals surface area contributed by atoms with Crippen molar-refractivity contribution in [3.05, 3.63) is 34.9 Å². The number of hydrogen-bond acceptors (Lipinski definition) is 2. The number of rotatable bonds is 1. The zero-order valence-corrected chi connectivity index (χ0v) is 14.0. The molecule has 22 heavy (non-hydrogen) atoms. The second-order valence-corrected chi connectivity index (χ2v) is 7.08. The minimum atomic E-state index is 0.283. The van der Waals surface area contributed by atoms with Gasteiger partial charge in [0.1, 0.15) is 6.10 Å². The Morgan fingerprint density at radius 3 is 2.09 bits per heavy atom. The Bertz CT molecular complexity index is 497. The molecule has 1 saturated carbocycles. The lowest BCUT2D eigenvalue weighted by molar-refractivity contribution is 0.0507. The van der Waals surface area contributed by atoms with Crippen molar-refractivity contribution in [2.24, 2.45) is 11.1 Å². The fourth-order valence-corrected chi connectivity index (χ4v) is 3.80. The summed E-state index contributed by atoms with van der Waals surface area (Å²) >= 11 is 6.01. The first-order valence-electron chi connectivity index (χ1n) is 8.84. The molecular formula is C19H26ClNO. The van der Waals surface area contributed by atoms with E-state index in [2.05, 4.69) is 17.3 Å². The normalized spacial score (nSPS) is 27.0. The minimum Gasteiger partial charge on any atom is -0.392 e. The van der Waals surface area contributed by atoms with E-state index in [1.807, 2.05) is 12.1 Å². The second kappa shape index (κ2) is 8.01. The average Bonchev–Trinajstić information content (AvgIpc) is 2.91. The van der Waals surface area contributed by atoms with E-state index in [4.69, 9.17) is 16.4 Å². The van der Waals surface area contributed by atoms with Crippen molar-refractivity contribution < 1.29 is 4.84 Å². The van der Waals surface area contributed by atoms with Gasteiger partial charge in [-0.2, -0.15) is 0 Å². The summed E-state index contributed by atoms with van der Waals surface area (Å²) in [6.07, 6.45) is 13.4. The molecule has 2 nitrogen and oxygen atoms in total. The molecule has 1 aromatic carbocycles. The molecule has 3 heteroatoms. The topological polar surface area (TPSA) is 21.6 Å². The highest BCUT2D eigenvalue weighted by Gasteiger charge is 2.34. The van der Waals surface area contributed by atoms with E-state index in [1.165, 1.54) is 63.4 Å². The Morgan fingerprint density at radius 1 is 0.818 bits per heavy atom. The van der Waals surface area contributed by atoms with Crippen LogP contribution in [0.15, 0.2) is 29.4 Å². The lowest BCUT2D eigenvalue weighted by atomic mass is 9.85. The van der Waals surface area contributed by atoms with E-state index in [1.54, 1.807) is 0 Å². The SMILES string of the molecule is Clc1ccc(C2=NO[C@@H]3CCCCCCCCCC[C@H]23)cc1. The van der Waals surface area contributed by atoms with Crippen LogP contribution >= 0.6 is 11.6 Å². The van der Waals surface area contributed by atoms with E-state index in [-0.39, 0.29) is 6.10 Å². The largest absolute Gasteiger partial charge is 0.392 e. The Balaban J connectivity index is 1.70. The summed E-state index contributed by atoms with van der Waals surface area (Å²) in [5.74, 6) is 0.459. The van der Waals surface area contributed by atoms with Gasteiger partial charge in [0, 0.05) is 10.9 Å². The molecule has 0 unspecified atom stereocenters. The van der Waals surface area contributed by atoms with Gasteiger partial charge in [-0.05, 0) is 37.0 Å². The predicted molar refractivity (Wildman–Crippen MR) is 92.5 cm³/mol. The van der Waals surface area contributed by atoms with Crippen molar-refractivity contribution in [3.63, 3.8) is 0 Å². The molecule has 0 bridgehead atoms. The first kappa shape index (κ1) is 15.9. The monoisotopic (exact) mass is 319 g/mol. The predicted octanol–water partition coefficient (Wildman–Crippen LogP) is 5.97. The summed E-state index contributed by atoms with van der Waals surface area (Å²) < 4.78 is 0. The molecule has 3 rings (SSSR count). The third-order valence-electron chi connectivity index (χ3n) is 4.98. The van der Waals surface area contributed by atoms with Crippen LogP contribution in [0.1, 0.15) is 69.8 Å². The highest BCUT2D eigenvalue weighted by molar-refractivity contribution is 6.30. The summed E-state index contributed by atoms with van der Waals surface area (Å²) in [5.41, 5.74) is 2.31. The average molecular weight is 320 g/mol. The Morgan fingerprint density at radius 2 is 1.41 bits per heavy atom. The number of oxime groups is 1. The van der Waals surface area contributed by atoms with E-state index >= 15 is 0 Å². The first-order valence-corrected chi connectivity index (χ1v) is 9.22. The molecule has 0 spiro atoms. The smallest absolute Gasteiger partial charge is 0.136 e. The van der Waals surface area contributed by atoms with E-state index in [9.17, 15) is 0 Å². The Hall–Kier alpha value is -1.02. The van der Waals surface area contributed by atoms with Crippen molar-refractivity contribution in [2.45, 2.75) is 70.3 Å². The number of halogens is 1. The fraction of sp³-hybridized carbons (Fsp3) is 0.632. The molecule has 120 valence electrons. The van der Waals surface area contributed by atoms with Crippen LogP contribution in [-0.4, -0.2) is 11.8 Å². The molecule has 1 heterocycles. The third kappa shape index (κ3) is 4.04. The molecular weight excluding hydrogens is 294 g/mol. The van der Waals surface area contributed by atoms with Gasteiger partial charge in [0.15, 0.2) is 0 Å². The van der Waals surface area contributed by atoms with Gasteiger partial charge < -0.3 is 4.84 Å². The molecule has 1 aliphatic carbocycles. The van der Waals surface area contributed by atoms with Gasteiger partial charge in [-0.1, -0.05) is 73.8 Å². The van der Waals surface area contributed by atoms with Crippen molar-refractivity contribution in [2.75, 3.05) is 0 Å². The Labute approximate surface area is 138 Å². The van der Waals surface area contributed by atoms with Crippen molar-refractivity contribution in [1.82, 2.24) is 0 Å². The summed E-state index contributed by atoms with van der Waals surface area (Å²) in [7, 11) is 0. The number of nitrogens with zero attached hydrogens (tertiary/aromatic N) is 1. The third-order valence-corrected chi connectivity index (χ3v) is 5.23. The van der Waals surface area contributed by atoms with Crippen molar-refractivity contribution in [3.8, 4) is 0 Å². The van der Waals surface area contributed by atoms with Gasteiger partial charge in [-0.15, -0.1) is 0 Å². The van der Waals surface area contributed by atoms with Gasteiger partial charge in [0.2, 0.25) is 0 Å². The van der Waals surface area contributed by atoms with Crippen molar-refractivity contribution >= 4 is 17.3 Å². The highest BCUT2D eigenvalue weighted by atomic mass is 35.5. The molecule has 0 saturated heterocycles. The number of hydrogen-bond donors (Lipinski definition) is 0. The molecule has 1 fully saturated rings. The molecule has 2 atom stereocenters. The van der Waals surface area contributed by atoms with Crippen LogP contribution in [0.5, 0.6) is 0 Å². The number of fused-ring (bicyclic) bond motifs is 1. The molecule has 0 amide bonds. The first-order chi connectivity index (χ1) is 10.8. The second-order valence-electron chi connectivity index (χ2n) is 6.64. The van der Waals surface area contributed by atoms with Crippen LogP contribution in [-0.2, 0) is 4.84 Å². The summed E-state index contributed by atoms with van der Waals surface area (Å²) in [4.78, 5) is 5.81. The molecule has 0 N–H and O–H groups in total. The van der Waals surface area contributed by atoms with Gasteiger partial charge >= 0.3 is 0 Å². The molecule has 2 aliphatic rings. The van der Waals surface area contributed by atoms with Gasteiger partial charge in [0.25, 0.3) is 0 Å². The maximum Gasteiger partial charge on any atom is 0.136 e. The minimum absolute atomic E-state index is 0.283. The highest BCUT2D eigenvalue weighted by Crippen LogP contribution is 2.32. The summed E-state index contributed by atoms with van der Waals surface area (Å²) in [6, 6.07) is 8.04. The van der Waals surface area contributed by atoms with Gasteiger partial charge in [-0.25, -0.2) is 0 Å². The van der Waals surface area contributed by atoms with Crippen LogP contribution in [0, 0.1) is 5.92 Å². The van der Waals surface area contributed by atoms with Crippen LogP contribution in [0.3, 0.4) is 0 Å². The molecule has 0 radical (unpaired) electrons. The van der Waals surface area contributed by atoms with E-state index in [0.717, 1.165) is 17.2 Å². The van der Waals surface area contributed by atoms with Crippen LogP contribution in [0.25, 0.3) is 0 Å².